The van der Waals surface area contributed by atoms with Crippen molar-refractivity contribution < 1.29 is 5.11 Å². The third-order valence-electron chi connectivity index (χ3n) is 1.60. The summed E-state index contributed by atoms with van der Waals surface area (Å²) < 4.78 is 1.13. The molecule has 0 radical (unpaired) electrons. The number of halogens is 1. The topological polar surface area (TPSA) is 20.2 Å². The molecule has 0 aliphatic carbocycles. The van der Waals surface area contributed by atoms with Gasteiger partial charge in [-0.15, -0.1) is 0 Å². The molecule has 0 atom stereocenters. The molecule has 1 aromatic carbocycles. The Labute approximate surface area is 91.7 Å². The third-order valence-corrected chi connectivity index (χ3v) is 3.21. The Morgan fingerprint density at radius 3 is 2.92 bits per heavy atom. The summed E-state index contributed by atoms with van der Waals surface area (Å²) in [5.74, 6) is 2.06. The molecule has 0 aromatic heterocycles. The summed E-state index contributed by atoms with van der Waals surface area (Å²) in [6, 6.07) is 8.33. The van der Waals surface area contributed by atoms with Crippen molar-refractivity contribution >= 4 is 27.7 Å². The number of hydrogen-bond donors (Lipinski definition) is 1. The molecule has 0 amide bonds. The highest BCUT2D eigenvalue weighted by Gasteiger charge is 1.94. The van der Waals surface area contributed by atoms with Crippen LogP contribution < -0.4 is 0 Å². The molecule has 0 heterocycles. The van der Waals surface area contributed by atoms with Crippen LogP contribution in [-0.2, 0) is 5.75 Å². The molecule has 1 rings (SSSR count). The van der Waals surface area contributed by atoms with E-state index in [2.05, 4.69) is 28.1 Å². The SMILES string of the molecule is OCCCSCc1cccc(Br)c1. The van der Waals surface area contributed by atoms with Gasteiger partial charge in [0.25, 0.3) is 0 Å². The Hall–Kier alpha value is 0.01000. The van der Waals surface area contributed by atoms with Crippen LogP contribution in [0.15, 0.2) is 28.7 Å². The van der Waals surface area contributed by atoms with E-state index in [1.54, 1.807) is 0 Å². The number of thioether (sulfide) groups is 1. The van der Waals surface area contributed by atoms with Crippen LogP contribution in [0.4, 0.5) is 0 Å². The van der Waals surface area contributed by atoms with E-state index in [9.17, 15) is 0 Å². The van der Waals surface area contributed by atoms with E-state index in [4.69, 9.17) is 5.11 Å². The van der Waals surface area contributed by atoms with Gasteiger partial charge in [-0.1, -0.05) is 28.1 Å². The molecule has 13 heavy (non-hydrogen) atoms. The van der Waals surface area contributed by atoms with Crippen LogP contribution in [0.3, 0.4) is 0 Å². The Balaban J connectivity index is 2.28. The predicted octanol–water partition coefficient (Wildman–Crippen LogP) is 3.06. The van der Waals surface area contributed by atoms with Crippen LogP contribution in [0.2, 0.25) is 0 Å². The minimum atomic E-state index is 0.297. The van der Waals surface area contributed by atoms with Gasteiger partial charge in [0, 0.05) is 16.8 Å². The number of benzene rings is 1. The molecule has 0 bridgehead atoms. The quantitative estimate of drug-likeness (QED) is 0.822. The minimum absolute atomic E-state index is 0.297. The summed E-state index contributed by atoms with van der Waals surface area (Å²) in [6.07, 6.45) is 0.888. The average Bonchev–Trinajstić information content (AvgIpc) is 2.13. The zero-order chi connectivity index (χ0) is 9.52. The Bertz CT molecular complexity index is 252. The molecular formula is C10H13BrOS. The first-order valence-electron chi connectivity index (χ1n) is 4.26. The Morgan fingerprint density at radius 1 is 1.38 bits per heavy atom. The lowest BCUT2D eigenvalue weighted by Gasteiger charge is -2.01. The van der Waals surface area contributed by atoms with Gasteiger partial charge in [-0.05, 0) is 29.9 Å². The molecule has 1 N–H and O–H groups in total. The molecule has 0 saturated carbocycles. The van der Waals surface area contributed by atoms with E-state index < -0.39 is 0 Å². The first-order valence-corrected chi connectivity index (χ1v) is 6.21. The lowest BCUT2D eigenvalue weighted by molar-refractivity contribution is 0.296. The predicted molar refractivity (Wildman–Crippen MR) is 62.0 cm³/mol. The van der Waals surface area contributed by atoms with Crippen LogP contribution in [-0.4, -0.2) is 17.5 Å². The average molecular weight is 261 g/mol. The summed E-state index contributed by atoms with van der Waals surface area (Å²) in [5.41, 5.74) is 1.33. The molecule has 0 spiro atoms. The standard InChI is InChI=1S/C10H13BrOS/c11-10-4-1-3-9(7-10)8-13-6-2-5-12/h1,3-4,7,12H,2,5-6,8H2. The molecule has 0 aliphatic heterocycles. The molecule has 3 heteroatoms. The van der Waals surface area contributed by atoms with Gasteiger partial charge < -0.3 is 5.11 Å². The lowest BCUT2D eigenvalue weighted by atomic mass is 10.2. The van der Waals surface area contributed by atoms with E-state index in [1.807, 2.05) is 23.9 Å². The fraction of sp³-hybridized carbons (Fsp3) is 0.400. The second-order valence-electron chi connectivity index (χ2n) is 2.76. The lowest BCUT2D eigenvalue weighted by Crippen LogP contribution is -1.87. The van der Waals surface area contributed by atoms with Crippen molar-refractivity contribution in [1.29, 1.82) is 0 Å². The van der Waals surface area contributed by atoms with Crippen molar-refractivity contribution in [2.45, 2.75) is 12.2 Å². The van der Waals surface area contributed by atoms with Gasteiger partial charge in [0.2, 0.25) is 0 Å². The zero-order valence-electron chi connectivity index (χ0n) is 7.37. The first kappa shape index (κ1) is 11.1. The van der Waals surface area contributed by atoms with Gasteiger partial charge in [-0.25, -0.2) is 0 Å². The van der Waals surface area contributed by atoms with Crippen LogP contribution in [0, 0.1) is 0 Å². The normalized spacial score (nSPS) is 10.3. The van der Waals surface area contributed by atoms with E-state index >= 15 is 0 Å². The van der Waals surface area contributed by atoms with Crippen LogP contribution in [0.5, 0.6) is 0 Å². The van der Waals surface area contributed by atoms with E-state index in [-0.39, 0.29) is 0 Å². The van der Waals surface area contributed by atoms with Crippen molar-refractivity contribution in [2.24, 2.45) is 0 Å². The Morgan fingerprint density at radius 2 is 2.23 bits per heavy atom. The largest absolute Gasteiger partial charge is 0.396 e. The van der Waals surface area contributed by atoms with Gasteiger partial charge in [0.15, 0.2) is 0 Å². The molecular weight excluding hydrogens is 248 g/mol. The molecule has 0 fully saturated rings. The van der Waals surface area contributed by atoms with Gasteiger partial charge >= 0.3 is 0 Å². The van der Waals surface area contributed by atoms with Gasteiger partial charge in [0.05, 0.1) is 0 Å². The van der Waals surface area contributed by atoms with Gasteiger partial charge in [-0.3, -0.25) is 0 Å². The molecule has 0 aliphatic rings. The monoisotopic (exact) mass is 260 g/mol. The maximum atomic E-state index is 8.59. The number of rotatable bonds is 5. The molecule has 0 saturated heterocycles. The maximum absolute atomic E-state index is 8.59. The fourth-order valence-corrected chi connectivity index (χ4v) is 2.32. The van der Waals surface area contributed by atoms with Crippen molar-refractivity contribution in [3.63, 3.8) is 0 Å². The number of aliphatic hydroxyl groups excluding tert-OH is 1. The minimum Gasteiger partial charge on any atom is -0.396 e. The summed E-state index contributed by atoms with van der Waals surface area (Å²) in [4.78, 5) is 0. The second kappa shape index (κ2) is 6.46. The number of aliphatic hydroxyl groups is 1. The molecule has 1 aromatic rings. The van der Waals surface area contributed by atoms with E-state index in [0.717, 1.165) is 22.4 Å². The highest BCUT2D eigenvalue weighted by atomic mass is 79.9. The summed E-state index contributed by atoms with van der Waals surface area (Å²) >= 11 is 5.29. The first-order chi connectivity index (χ1) is 6.33. The van der Waals surface area contributed by atoms with Crippen LogP contribution in [0.1, 0.15) is 12.0 Å². The maximum Gasteiger partial charge on any atom is 0.0438 e. The van der Waals surface area contributed by atoms with E-state index in [0.29, 0.717) is 6.61 Å². The molecule has 0 unspecified atom stereocenters. The molecule has 72 valence electrons. The van der Waals surface area contributed by atoms with Crippen molar-refractivity contribution in [3.8, 4) is 0 Å². The zero-order valence-corrected chi connectivity index (χ0v) is 9.77. The molecule has 1 nitrogen and oxygen atoms in total. The fourth-order valence-electron chi connectivity index (χ4n) is 0.983. The van der Waals surface area contributed by atoms with Crippen molar-refractivity contribution in [3.05, 3.63) is 34.3 Å². The summed E-state index contributed by atoms with van der Waals surface area (Å²) in [7, 11) is 0. The Kier molecular flexibility index (Phi) is 5.51. The highest BCUT2D eigenvalue weighted by molar-refractivity contribution is 9.10. The smallest absolute Gasteiger partial charge is 0.0438 e. The van der Waals surface area contributed by atoms with E-state index in [1.165, 1.54) is 5.56 Å². The van der Waals surface area contributed by atoms with Gasteiger partial charge in [0.1, 0.15) is 0 Å². The summed E-state index contributed by atoms with van der Waals surface area (Å²) in [5, 5.41) is 8.59. The second-order valence-corrected chi connectivity index (χ2v) is 4.78. The van der Waals surface area contributed by atoms with Crippen molar-refractivity contribution in [2.75, 3.05) is 12.4 Å². The van der Waals surface area contributed by atoms with Crippen LogP contribution in [0.25, 0.3) is 0 Å². The van der Waals surface area contributed by atoms with Gasteiger partial charge in [-0.2, -0.15) is 11.8 Å². The highest BCUT2D eigenvalue weighted by Crippen LogP contribution is 2.17. The summed E-state index contributed by atoms with van der Waals surface area (Å²) in [6.45, 7) is 0.297. The van der Waals surface area contributed by atoms with Crippen LogP contribution >= 0.6 is 27.7 Å². The third kappa shape index (κ3) is 4.69. The number of hydrogen-bond acceptors (Lipinski definition) is 2. The van der Waals surface area contributed by atoms with Crippen molar-refractivity contribution in [1.82, 2.24) is 0 Å².